The van der Waals surface area contributed by atoms with Crippen LogP contribution in [0.2, 0.25) is 0 Å². The molecule has 0 radical (unpaired) electrons. The number of carbonyl (C=O) groups is 1. The Labute approximate surface area is 100 Å². The standard InChI is InChI=1S/C12H25NO.CH2O/c1-7-14-10-8-11(2,3)13(6)12(4,5)9-10;1-2/h10H,7-9H2,1-6H3;1H2. The van der Waals surface area contributed by atoms with E-state index in [0.29, 0.717) is 6.10 Å². The zero-order valence-corrected chi connectivity index (χ0v) is 11.7. The van der Waals surface area contributed by atoms with Gasteiger partial charge in [-0.05, 0) is 54.5 Å². The number of likely N-dealkylation sites (tertiary alicyclic amines) is 1. The van der Waals surface area contributed by atoms with E-state index in [1.807, 2.05) is 6.79 Å². The van der Waals surface area contributed by atoms with Crippen molar-refractivity contribution in [2.24, 2.45) is 0 Å². The SMILES string of the molecule is C=O.CCOC1CC(C)(C)N(C)C(C)(C)C1. The first-order valence-electron chi connectivity index (χ1n) is 5.94. The number of piperidine rings is 1. The molecule has 16 heavy (non-hydrogen) atoms. The molecule has 3 heteroatoms. The molecule has 0 N–H and O–H groups in total. The second-order valence-electron chi connectivity index (χ2n) is 5.67. The maximum atomic E-state index is 8.00. The van der Waals surface area contributed by atoms with E-state index in [1.54, 1.807) is 0 Å². The van der Waals surface area contributed by atoms with Gasteiger partial charge in [-0.15, -0.1) is 0 Å². The Morgan fingerprint density at radius 3 is 1.88 bits per heavy atom. The highest BCUT2D eigenvalue weighted by Gasteiger charge is 2.43. The normalized spacial score (nSPS) is 24.6. The Bertz CT molecular complexity index is 196. The van der Waals surface area contributed by atoms with Crippen molar-refractivity contribution in [2.45, 2.75) is 64.6 Å². The lowest BCUT2D eigenvalue weighted by atomic mass is 9.79. The maximum absolute atomic E-state index is 8.00. The lowest BCUT2D eigenvalue weighted by molar-refractivity contribution is -0.0980. The van der Waals surface area contributed by atoms with Crippen LogP contribution >= 0.6 is 0 Å². The average molecular weight is 229 g/mol. The molecule has 0 saturated carbocycles. The van der Waals surface area contributed by atoms with Crippen LogP contribution < -0.4 is 0 Å². The Morgan fingerprint density at radius 2 is 1.56 bits per heavy atom. The van der Waals surface area contributed by atoms with Crippen molar-refractivity contribution < 1.29 is 9.53 Å². The van der Waals surface area contributed by atoms with Gasteiger partial charge >= 0.3 is 0 Å². The van der Waals surface area contributed by atoms with Gasteiger partial charge in [-0.2, -0.15) is 0 Å². The molecule has 0 unspecified atom stereocenters. The van der Waals surface area contributed by atoms with E-state index in [0.717, 1.165) is 19.4 Å². The lowest BCUT2D eigenvalue weighted by Gasteiger charge is -2.53. The van der Waals surface area contributed by atoms with E-state index in [4.69, 9.17) is 9.53 Å². The molecule has 0 atom stereocenters. The van der Waals surface area contributed by atoms with Crippen molar-refractivity contribution in [1.82, 2.24) is 4.90 Å². The minimum absolute atomic E-state index is 0.252. The third kappa shape index (κ3) is 3.56. The Hall–Kier alpha value is -0.410. The van der Waals surface area contributed by atoms with Crippen LogP contribution in [0.1, 0.15) is 47.5 Å². The van der Waals surface area contributed by atoms with Crippen LogP contribution in [0, 0.1) is 0 Å². The average Bonchev–Trinajstić information content (AvgIpc) is 2.17. The molecule has 1 saturated heterocycles. The molecule has 1 rings (SSSR count). The van der Waals surface area contributed by atoms with Gasteiger partial charge in [-0.3, -0.25) is 4.90 Å². The molecule has 1 aliphatic heterocycles. The van der Waals surface area contributed by atoms with E-state index < -0.39 is 0 Å². The van der Waals surface area contributed by atoms with Crippen molar-refractivity contribution in [2.75, 3.05) is 13.7 Å². The number of carbonyl (C=O) groups excluding carboxylic acids is 1. The fraction of sp³-hybridized carbons (Fsp3) is 0.923. The Morgan fingerprint density at radius 1 is 1.19 bits per heavy atom. The molecule has 0 aromatic carbocycles. The summed E-state index contributed by atoms with van der Waals surface area (Å²) in [6.07, 6.45) is 2.71. The summed E-state index contributed by atoms with van der Waals surface area (Å²) in [5.41, 5.74) is 0.503. The quantitative estimate of drug-likeness (QED) is 0.728. The van der Waals surface area contributed by atoms with Gasteiger partial charge in [0.05, 0.1) is 6.10 Å². The van der Waals surface area contributed by atoms with E-state index in [-0.39, 0.29) is 11.1 Å². The fourth-order valence-corrected chi connectivity index (χ4v) is 2.63. The molecular weight excluding hydrogens is 202 g/mol. The molecule has 3 nitrogen and oxygen atoms in total. The molecular formula is C13H27NO2. The zero-order valence-electron chi connectivity index (χ0n) is 11.7. The third-order valence-corrected chi connectivity index (χ3v) is 3.67. The topological polar surface area (TPSA) is 29.5 Å². The van der Waals surface area contributed by atoms with Crippen molar-refractivity contribution in [3.05, 3.63) is 0 Å². The maximum Gasteiger partial charge on any atom is 0.106 e. The summed E-state index contributed by atoms with van der Waals surface area (Å²) in [5.74, 6) is 0. The summed E-state index contributed by atoms with van der Waals surface area (Å²) in [7, 11) is 2.22. The molecule has 0 aromatic rings. The van der Waals surface area contributed by atoms with Crippen LogP contribution in [-0.4, -0.2) is 42.5 Å². The van der Waals surface area contributed by atoms with Gasteiger partial charge in [-0.1, -0.05) is 0 Å². The second-order valence-corrected chi connectivity index (χ2v) is 5.67. The summed E-state index contributed by atoms with van der Waals surface area (Å²) in [4.78, 5) is 10.5. The Kier molecular flexibility index (Phi) is 5.63. The zero-order chi connectivity index (χ0) is 13.0. The molecule has 0 aliphatic carbocycles. The summed E-state index contributed by atoms with van der Waals surface area (Å²) >= 11 is 0. The smallest absolute Gasteiger partial charge is 0.106 e. The number of ether oxygens (including phenoxy) is 1. The predicted octanol–water partition coefficient (Wildman–Crippen LogP) is 2.49. The first-order chi connectivity index (χ1) is 7.29. The number of hydrogen-bond donors (Lipinski definition) is 0. The van der Waals surface area contributed by atoms with E-state index in [2.05, 4.69) is 46.6 Å². The van der Waals surface area contributed by atoms with Crippen LogP contribution in [0.3, 0.4) is 0 Å². The van der Waals surface area contributed by atoms with Gasteiger partial charge in [0.1, 0.15) is 6.79 Å². The van der Waals surface area contributed by atoms with Crippen molar-refractivity contribution >= 4 is 6.79 Å². The summed E-state index contributed by atoms with van der Waals surface area (Å²) in [6, 6.07) is 0. The minimum Gasteiger partial charge on any atom is -0.378 e. The molecule has 1 aliphatic rings. The fourth-order valence-electron chi connectivity index (χ4n) is 2.63. The number of hydrogen-bond acceptors (Lipinski definition) is 3. The highest BCUT2D eigenvalue weighted by molar-refractivity contribution is 5.11. The number of rotatable bonds is 2. The third-order valence-electron chi connectivity index (χ3n) is 3.67. The highest BCUT2D eigenvalue weighted by atomic mass is 16.5. The first-order valence-corrected chi connectivity index (χ1v) is 5.94. The molecule has 0 bridgehead atoms. The molecule has 0 spiro atoms. The van der Waals surface area contributed by atoms with Crippen LogP contribution in [0.15, 0.2) is 0 Å². The lowest BCUT2D eigenvalue weighted by Crippen LogP contribution is -2.60. The highest BCUT2D eigenvalue weighted by Crippen LogP contribution is 2.37. The van der Waals surface area contributed by atoms with E-state index in [1.165, 1.54) is 0 Å². The van der Waals surface area contributed by atoms with E-state index >= 15 is 0 Å². The molecule has 0 amide bonds. The van der Waals surface area contributed by atoms with Crippen molar-refractivity contribution in [3.63, 3.8) is 0 Å². The Balaban J connectivity index is 0.00000106. The monoisotopic (exact) mass is 229 g/mol. The molecule has 1 fully saturated rings. The molecule has 96 valence electrons. The number of nitrogens with zero attached hydrogens (tertiary/aromatic N) is 1. The van der Waals surface area contributed by atoms with Gasteiger partial charge in [0.2, 0.25) is 0 Å². The molecule has 1 heterocycles. The van der Waals surface area contributed by atoms with Crippen LogP contribution in [0.4, 0.5) is 0 Å². The van der Waals surface area contributed by atoms with Gasteiger partial charge < -0.3 is 9.53 Å². The molecule has 0 aromatic heterocycles. The van der Waals surface area contributed by atoms with Crippen LogP contribution in [-0.2, 0) is 9.53 Å². The van der Waals surface area contributed by atoms with Gasteiger partial charge in [0.25, 0.3) is 0 Å². The first kappa shape index (κ1) is 15.6. The predicted molar refractivity (Wildman–Crippen MR) is 67.7 cm³/mol. The van der Waals surface area contributed by atoms with E-state index in [9.17, 15) is 0 Å². The van der Waals surface area contributed by atoms with Crippen molar-refractivity contribution in [3.8, 4) is 0 Å². The second kappa shape index (κ2) is 5.78. The summed E-state index contributed by atoms with van der Waals surface area (Å²) < 4.78 is 5.78. The van der Waals surface area contributed by atoms with Gasteiger partial charge in [0.15, 0.2) is 0 Å². The summed E-state index contributed by atoms with van der Waals surface area (Å²) in [6.45, 7) is 14.1. The van der Waals surface area contributed by atoms with Gasteiger partial charge in [-0.25, -0.2) is 0 Å². The van der Waals surface area contributed by atoms with Crippen molar-refractivity contribution in [1.29, 1.82) is 0 Å². The van der Waals surface area contributed by atoms with Gasteiger partial charge in [0, 0.05) is 17.7 Å². The van der Waals surface area contributed by atoms with Crippen LogP contribution in [0.5, 0.6) is 0 Å². The minimum atomic E-state index is 0.252. The van der Waals surface area contributed by atoms with Crippen LogP contribution in [0.25, 0.3) is 0 Å². The summed E-state index contributed by atoms with van der Waals surface area (Å²) in [5, 5.41) is 0. The largest absolute Gasteiger partial charge is 0.378 e.